The number of benzene rings is 1. The Morgan fingerprint density at radius 1 is 1.67 bits per heavy atom. The Kier molecular flexibility index (Phi) is 2.28. The van der Waals surface area contributed by atoms with Crippen molar-refractivity contribution < 1.29 is 14.2 Å². The topological polar surface area (TPSA) is 55.5 Å². The van der Waals surface area contributed by atoms with E-state index in [0.29, 0.717) is 0 Å². The molecule has 0 fully saturated rings. The molecular formula is C7H7ClFNO2. The van der Waals surface area contributed by atoms with E-state index in [9.17, 15) is 4.39 Å². The summed E-state index contributed by atoms with van der Waals surface area (Å²) < 4.78 is 17.5. The molecule has 0 heterocycles. The number of anilines is 1. The summed E-state index contributed by atoms with van der Waals surface area (Å²) in [7, 11) is 1.31. The molecule has 66 valence electrons. The standard InChI is InChI=1S/C7H7ClFNO2/c1-12-7-3(8)2-4(11)5(9)6(7)10/h2,11H,10H2,1H3. The maximum absolute atomic E-state index is 12.8. The second-order valence-corrected chi connectivity index (χ2v) is 2.55. The summed E-state index contributed by atoms with van der Waals surface area (Å²) in [5.74, 6) is -1.47. The van der Waals surface area contributed by atoms with Gasteiger partial charge in [0.15, 0.2) is 17.3 Å². The first-order valence-corrected chi connectivity index (χ1v) is 3.46. The van der Waals surface area contributed by atoms with Crippen molar-refractivity contribution in [2.45, 2.75) is 0 Å². The van der Waals surface area contributed by atoms with Gasteiger partial charge in [-0.1, -0.05) is 11.6 Å². The first-order chi connectivity index (χ1) is 5.57. The minimum absolute atomic E-state index is 0.0342. The molecule has 0 aliphatic rings. The van der Waals surface area contributed by atoms with Crippen LogP contribution in [0.15, 0.2) is 6.07 Å². The van der Waals surface area contributed by atoms with Crippen molar-refractivity contribution in [1.82, 2.24) is 0 Å². The number of phenolic OH excluding ortho intramolecular Hbond substituents is 1. The van der Waals surface area contributed by atoms with Gasteiger partial charge in [0.05, 0.1) is 12.1 Å². The van der Waals surface area contributed by atoms with Crippen LogP contribution in [0.3, 0.4) is 0 Å². The third-order valence-electron chi connectivity index (χ3n) is 1.39. The van der Waals surface area contributed by atoms with Crippen LogP contribution in [0.25, 0.3) is 0 Å². The van der Waals surface area contributed by atoms with Crippen molar-refractivity contribution in [3.05, 3.63) is 16.9 Å². The number of methoxy groups -OCH3 is 1. The number of nitrogen functional groups attached to an aromatic ring is 1. The Balaban J connectivity index is 3.40. The van der Waals surface area contributed by atoms with E-state index in [1.807, 2.05) is 0 Å². The largest absolute Gasteiger partial charge is 0.505 e. The molecule has 0 atom stereocenters. The molecule has 12 heavy (non-hydrogen) atoms. The Morgan fingerprint density at radius 2 is 2.25 bits per heavy atom. The Bertz CT molecular complexity index is 317. The minimum Gasteiger partial charge on any atom is -0.505 e. The molecule has 0 aliphatic heterocycles. The van der Waals surface area contributed by atoms with Crippen LogP contribution in [0.1, 0.15) is 0 Å². The molecule has 0 aliphatic carbocycles. The Morgan fingerprint density at radius 3 is 2.75 bits per heavy atom. The lowest BCUT2D eigenvalue weighted by Crippen LogP contribution is -1.96. The molecular weight excluding hydrogens is 185 g/mol. The number of nitrogens with two attached hydrogens (primary N) is 1. The lowest BCUT2D eigenvalue weighted by Gasteiger charge is -2.07. The molecule has 0 unspecified atom stereocenters. The zero-order valence-corrected chi connectivity index (χ0v) is 7.02. The number of hydrogen-bond acceptors (Lipinski definition) is 3. The number of halogens is 2. The number of rotatable bonds is 1. The van der Waals surface area contributed by atoms with Crippen LogP contribution in [0.4, 0.5) is 10.1 Å². The Hall–Kier alpha value is -1.16. The fourth-order valence-corrected chi connectivity index (χ4v) is 1.11. The van der Waals surface area contributed by atoms with Crippen LogP contribution < -0.4 is 10.5 Å². The van der Waals surface area contributed by atoms with Gasteiger partial charge in [0, 0.05) is 6.07 Å². The monoisotopic (exact) mass is 191 g/mol. The lowest BCUT2D eigenvalue weighted by atomic mass is 10.2. The molecule has 0 amide bonds. The van der Waals surface area contributed by atoms with Crippen LogP contribution in [-0.4, -0.2) is 12.2 Å². The average molecular weight is 192 g/mol. The molecule has 0 aromatic heterocycles. The Labute approximate surface area is 73.5 Å². The predicted octanol–water partition coefficient (Wildman–Crippen LogP) is 1.78. The molecule has 0 saturated carbocycles. The van der Waals surface area contributed by atoms with E-state index >= 15 is 0 Å². The van der Waals surface area contributed by atoms with Crippen LogP contribution in [-0.2, 0) is 0 Å². The van der Waals surface area contributed by atoms with Crippen molar-refractivity contribution in [3.63, 3.8) is 0 Å². The predicted molar refractivity (Wildman–Crippen MR) is 44.0 cm³/mol. The molecule has 0 radical (unpaired) electrons. The summed E-state index contributed by atoms with van der Waals surface area (Å²) in [4.78, 5) is 0. The van der Waals surface area contributed by atoms with E-state index in [1.54, 1.807) is 0 Å². The first kappa shape index (κ1) is 8.93. The number of phenols is 1. The molecule has 3 nitrogen and oxygen atoms in total. The van der Waals surface area contributed by atoms with Crippen LogP contribution in [0, 0.1) is 5.82 Å². The quantitative estimate of drug-likeness (QED) is 0.666. The van der Waals surface area contributed by atoms with Crippen molar-refractivity contribution >= 4 is 17.3 Å². The number of hydrogen-bond donors (Lipinski definition) is 2. The molecule has 0 bridgehead atoms. The van der Waals surface area contributed by atoms with Crippen LogP contribution >= 0.6 is 11.6 Å². The van der Waals surface area contributed by atoms with Crippen LogP contribution in [0.5, 0.6) is 11.5 Å². The number of aromatic hydroxyl groups is 1. The third kappa shape index (κ3) is 1.25. The van der Waals surface area contributed by atoms with Crippen molar-refractivity contribution in [2.75, 3.05) is 12.8 Å². The van der Waals surface area contributed by atoms with Gasteiger partial charge in [0.25, 0.3) is 0 Å². The average Bonchev–Trinajstić information content (AvgIpc) is 2.01. The van der Waals surface area contributed by atoms with Gasteiger partial charge in [-0.25, -0.2) is 4.39 Å². The van der Waals surface area contributed by atoms with Crippen molar-refractivity contribution in [3.8, 4) is 11.5 Å². The van der Waals surface area contributed by atoms with E-state index in [1.165, 1.54) is 7.11 Å². The second-order valence-electron chi connectivity index (χ2n) is 2.14. The summed E-state index contributed by atoms with van der Waals surface area (Å²) in [5, 5.41) is 8.98. The van der Waals surface area contributed by atoms with Gasteiger partial charge >= 0.3 is 0 Å². The lowest BCUT2D eigenvalue weighted by molar-refractivity contribution is 0.403. The summed E-state index contributed by atoms with van der Waals surface area (Å²) in [6.45, 7) is 0. The first-order valence-electron chi connectivity index (χ1n) is 3.08. The van der Waals surface area contributed by atoms with Crippen LogP contribution in [0.2, 0.25) is 5.02 Å². The highest BCUT2D eigenvalue weighted by molar-refractivity contribution is 6.32. The second kappa shape index (κ2) is 3.06. The highest BCUT2D eigenvalue weighted by Crippen LogP contribution is 2.37. The summed E-state index contributed by atoms with van der Waals surface area (Å²) in [6, 6.07) is 1.03. The third-order valence-corrected chi connectivity index (χ3v) is 1.67. The van der Waals surface area contributed by atoms with E-state index in [0.717, 1.165) is 6.07 Å². The van der Waals surface area contributed by atoms with Gasteiger partial charge in [-0.2, -0.15) is 0 Å². The molecule has 1 aromatic rings. The molecule has 3 N–H and O–H groups in total. The zero-order chi connectivity index (χ0) is 9.30. The van der Waals surface area contributed by atoms with Gasteiger partial charge in [-0.3, -0.25) is 0 Å². The molecule has 0 spiro atoms. The van der Waals surface area contributed by atoms with Gasteiger partial charge < -0.3 is 15.6 Å². The normalized spacial score (nSPS) is 9.92. The maximum atomic E-state index is 12.8. The summed E-state index contributed by atoms with van der Waals surface area (Å²) >= 11 is 5.58. The van der Waals surface area contributed by atoms with E-state index in [2.05, 4.69) is 0 Å². The highest BCUT2D eigenvalue weighted by atomic mass is 35.5. The molecule has 1 aromatic carbocycles. The maximum Gasteiger partial charge on any atom is 0.191 e. The summed E-state index contributed by atoms with van der Waals surface area (Å²) in [6.07, 6.45) is 0. The van der Waals surface area contributed by atoms with E-state index in [4.69, 9.17) is 27.2 Å². The fraction of sp³-hybridized carbons (Fsp3) is 0.143. The summed E-state index contributed by atoms with van der Waals surface area (Å²) in [5.41, 5.74) is 4.96. The fourth-order valence-electron chi connectivity index (χ4n) is 0.823. The molecule has 0 saturated heterocycles. The zero-order valence-electron chi connectivity index (χ0n) is 6.27. The molecule has 1 rings (SSSR count). The van der Waals surface area contributed by atoms with E-state index in [-0.39, 0.29) is 16.5 Å². The van der Waals surface area contributed by atoms with E-state index < -0.39 is 11.6 Å². The number of ether oxygens (including phenoxy) is 1. The van der Waals surface area contributed by atoms with Gasteiger partial charge in [0.2, 0.25) is 0 Å². The smallest absolute Gasteiger partial charge is 0.191 e. The molecule has 5 heteroatoms. The SMILES string of the molecule is COc1c(Cl)cc(O)c(F)c1N. The van der Waals surface area contributed by atoms with Gasteiger partial charge in [0.1, 0.15) is 5.69 Å². The highest BCUT2D eigenvalue weighted by Gasteiger charge is 2.14. The van der Waals surface area contributed by atoms with Crippen molar-refractivity contribution in [1.29, 1.82) is 0 Å². The van der Waals surface area contributed by atoms with Crippen molar-refractivity contribution in [2.24, 2.45) is 0 Å². The van der Waals surface area contributed by atoms with Gasteiger partial charge in [-0.05, 0) is 0 Å². The minimum atomic E-state index is -0.920. The van der Waals surface area contributed by atoms with Gasteiger partial charge in [-0.15, -0.1) is 0 Å².